The van der Waals surface area contributed by atoms with Crippen molar-refractivity contribution in [3.8, 4) is 0 Å². The van der Waals surface area contributed by atoms with E-state index in [2.05, 4.69) is 5.32 Å². The van der Waals surface area contributed by atoms with Crippen LogP contribution in [-0.4, -0.2) is 44.8 Å². The molecule has 1 aliphatic carbocycles. The van der Waals surface area contributed by atoms with Crippen molar-refractivity contribution in [1.29, 1.82) is 0 Å². The molecule has 1 aromatic carbocycles. The molecule has 1 heterocycles. The molecule has 3 rings (SSSR count). The predicted octanol–water partition coefficient (Wildman–Crippen LogP) is 1.22. The van der Waals surface area contributed by atoms with Gasteiger partial charge >= 0.3 is 0 Å². The Morgan fingerprint density at radius 2 is 1.88 bits per heavy atom. The number of carbonyl (C=O) groups excluding carboxylic acids is 1. The van der Waals surface area contributed by atoms with Crippen LogP contribution in [0.5, 0.6) is 0 Å². The van der Waals surface area contributed by atoms with Crippen LogP contribution < -0.4 is 11.1 Å². The number of nitrogens with one attached hydrogen (secondary N) is 1. The molecule has 134 valence electrons. The van der Waals surface area contributed by atoms with Crippen LogP contribution in [0.15, 0.2) is 29.2 Å². The number of nitrogens with zero attached hydrogens (tertiary/aromatic N) is 1. The molecule has 1 saturated heterocycles. The largest absolute Gasteiger partial charge is 0.355 e. The van der Waals surface area contributed by atoms with Crippen LogP contribution in [0.4, 0.5) is 0 Å². The third-order valence-electron chi connectivity index (χ3n) is 5.10. The van der Waals surface area contributed by atoms with E-state index in [0.717, 1.165) is 19.3 Å². The number of amides is 1. The van der Waals surface area contributed by atoms with E-state index in [1.54, 1.807) is 23.5 Å². The maximum atomic E-state index is 12.8. The molecule has 8 heteroatoms. The van der Waals surface area contributed by atoms with Crippen molar-refractivity contribution in [3.05, 3.63) is 29.8 Å². The van der Waals surface area contributed by atoms with Crippen molar-refractivity contribution >= 4 is 28.3 Å². The maximum Gasteiger partial charge on any atom is 0.251 e. The van der Waals surface area contributed by atoms with Gasteiger partial charge in [-0.2, -0.15) is 4.31 Å². The first kappa shape index (κ1) is 19.2. The molecule has 24 heavy (non-hydrogen) atoms. The fraction of sp³-hybridized carbons (Fsp3) is 0.562. The lowest BCUT2D eigenvalue weighted by atomic mass is 9.78. The van der Waals surface area contributed by atoms with Gasteiger partial charge in [0.2, 0.25) is 10.0 Å². The maximum absolute atomic E-state index is 12.8. The fourth-order valence-electron chi connectivity index (χ4n) is 3.74. The summed E-state index contributed by atoms with van der Waals surface area (Å²) >= 11 is 0. The zero-order valence-electron chi connectivity index (χ0n) is 13.6. The quantitative estimate of drug-likeness (QED) is 0.833. The first-order valence-corrected chi connectivity index (χ1v) is 9.45. The minimum Gasteiger partial charge on any atom is -0.355 e. The summed E-state index contributed by atoms with van der Waals surface area (Å²) in [4.78, 5) is 11.8. The Bertz CT molecular complexity index is 693. The molecule has 0 bridgehead atoms. The number of fused-ring (bicyclic) bond motifs is 1. The average Bonchev–Trinajstić information content (AvgIpc) is 3.01. The highest BCUT2D eigenvalue weighted by molar-refractivity contribution is 7.89. The summed E-state index contributed by atoms with van der Waals surface area (Å²) in [7, 11) is -1.98. The van der Waals surface area contributed by atoms with Crippen molar-refractivity contribution in [1.82, 2.24) is 9.62 Å². The highest BCUT2D eigenvalue weighted by Crippen LogP contribution is 2.37. The topological polar surface area (TPSA) is 92.5 Å². The second-order valence-corrected chi connectivity index (χ2v) is 8.38. The number of sulfonamides is 1. The van der Waals surface area contributed by atoms with Gasteiger partial charge in [-0.25, -0.2) is 8.42 Å². The number of nitrogens with two attached hydrogens (primary N) is 1. The first-order valence-electron chi connectivity index (χ1n) is 8.01. The van der Waals surface area contributed by atoms with Crippen molar-refractivity contribution in [2.45, 2.75) is 30.2 Å². The fourth-order valence-corrected chi connectivity index (χ4v) is 5.28. The molecule has 0 spiro atoms. The van der Waals surface area contributed by atoms with Crippen LogP contribution in [-0.2, 0) is 10.0 Å². The molecule has 0 aromatic heterocycles. The molecule has 3 N–H and O–H groups in total. The van der Waals surface area contributed by atoms with E-state index in [1.165, 1.54) is 12.1 Å². The molecule has 6 nitrogen and oxygen atoms in total. The minimum absolute atomic E-state index is 0. The third-order valence-corrected chi connectivity index (χ3v) is 6.95. The standard InChI is InChI=1S/C16H23N3O3S.ClH/c1-18-16(20)11-5-7-13(8-6-11)23(21,22)19-9-12-3-2-4-15(17)14(12)10-19;/h5-8,12,14-15H,2-4,9-10,17H2,1H3,(H,18,20);1H. The van der Waals surface area contributed by atoms with Crippen LogP contribution in [0.25, 0.3) is 0 Å². The predicted molar refractivity (Wildman–Crippen MR) is 94.6 cm³/mol. The van der Waals surface area contributed by atoms with E-state index < -0.39 is 10.0 Å². The average molecular weight is 374 g/mol. The Labute approximate surface area is 149 Å². The van der Waals surface area contributed by atoms with Crippen LogP contribution in [0.2, 0.25) is 0 Å². The number of halogens is 1. The van der Waals surface area contributed by atoms with E-state index in [-0.39, 0.29) is 35.2 Å². The molecule has 3 atom stereocenters. The van der Waals surface area contributed by atoms with Gasteiger partial charge in [-0.05, 0) is 48.9 Å². The van der Waals surface area contributed by atoms with Gasteiger partial charge in [0.1, 0.15) is 0 Å². The van der Waals surface area contributed by atoms with Crippen molar-refractivity contribution < 1.29 is 13.2 Å². The van der Waals surface area contributed by atoms with E-state index >= 15 is 0 Å². The summed E-state index contributed by atoms with van der Waals surface area (Å²) in [5.74, 6) is 0.412. The summed E-state index contributed by atoms with van der Waals surface area (Å²) in [6.07, 6.45) is 3.12. The molecule has 2 aliphatic rings. The molecule has 2 fully saturated rings. The SMILES string of the molecule is CNC(=O)c1ccc(S(=O)(=O)N2CC3CCCC(N)C3C2)cc1.Cl. The van der Waals surface area contributed by atoms with Gasteiger partial charge in [-0.1, -0.05) is 6.42 Å². The van der Waals surface area contributed by atoms with Gasteiger partial charge in [0.25, 0.3) is 5.91 Å². The van der Waals surface area contributed by atoms with Crippen molar-refractivity contribution in [2.24, 2.45) is 17.6 Å². The third kappa shape index (κ3) is 3.44. The summed E-state index contributed by atoms with van der Waals surface area (Å²) in [5, 5.41) is 2.52. The van der Waals surface area contributed by atoms with Gasteiger partial charge < -0.3 is 11.1 Å². The molecular weight excluding hydrogens is 350 g/mol. The Hall–Kier alpha value is -1.15. The van der Waals surface area contributed by atoms with Crippen LogP contribution in [0.3, 0.4) is 0 Å². The minimum atomic E-state index is -3.52. The second kappa shape index (κ2) is 7.39. The Morgan fingerprint density at radius 3 is 2.46 bits per heavy atom. The lowest BCUT2D eigenvalue weighted by Gasteiger charge is -2.29. The summed E-state index contributed by atoms with van der Waals surface area (Å²) < 4.78 is 27.2. The van der Waals surface area contributed by atoms with Gasteiger partial charge in [-0.3, -0.25) is 4.79 Å². The number of carbonyl (C=O) groups is 1. The molecule has 1 aromatic rings. The number of hydrogen-bond donors (Lipinski definition) is 2. The van der Waals surface area contributed by atoms with E-state index in [4.69, 9.17) is 5.73 Å². The zero-order chi connectivity index (χ0) is 16.6. The summed E-state index contributed by atoms with van der Waals surface area (Å²) in [5.41, 5.74) is 6.61. The molecule has 1 amide bonds. The molecule has 3 unspecified atom stereocenters. The van der Waals surface area contributed by atoms with Gasteiger partial charge in [-0.15, -0.1) is 12.4 Å². The van der Waals surface area contributed by atoms with Gasteiger partial charge in [0, 0.05) is 31.7 Å². The lowest BCUT2D eigenvalue weighted by Crippen LogP contribution is -2.38. The zero-order valence-corrected chi connectivity index (χ0v) is 15.3. The molecule has 1 saturated carbocycles. The Balaban J connectivity index is 0.00000208. The van der Waals surface area contributed by atoms with Crippen LogP contribution in [0, 0.1) is 11.8 Å². The normalized spacial score (nSPS) is 27.2. The van der Waals surface area contributed by atoms with Crippen molar-refractivity contribution in [2.75, 3.05) is 20.1 Å². The highest BCUT2D eigenvalue weighted by atomic mass is 35.5. The van der Waals surface area contributed by atoms with E-state index in [1.807, 2.05) is 0 Å². The summed E-state index contributed by atoms with van der Waals surface area (Å²) in [6, 6.07) is 6.19. The lowest BCUT2D eigenvalue weighted by molar-refractivity contribution is 0.0963. The molecule has 0 radical (unpaired) electrons. The number of benzene rings is 1. The Kier molecular flexibility index (Phi) is 5.91. The first-order chi connectivity index (χ1) is 10.9. The van der Waals surface area contributed by atoms with Gasteiger partial charge in [0.15, 0.2) is 0 Å². The monoisotopic (exact) mass is 373 g/mol. The van der Waals surface area contributed by atoms with Crippen molar-refractivity contribution in [3.63, 3.8) is 0 Å². The Morgan fingerprint density at radius 1 is 1.21 bits per heavy atom. The highest BCUT2D eigenvalue weighted by Gasteiger charge is 2.43. The molecular formula is C16H24ClN3O3S. The second-order valence-electron chi connectivity index (χ2n) is 6.44. The van der Waals surface area contributed by atoms with Gasteiger partial charge in [0.05, 0.1) is 4.90 Å². The summed E-state index contributed by atoms with van der Waals surface area (Å²) in [6.45, 7) is 1.06. The van der Waals surface area contributed by atoms with Crippen LogP contribution in [0.1, 0.15) is 29.6 Å². The molecule has 1 aliphatic heterocycles. The van der Waals surface area contributed by atoms with Crippen LogP contribution >= 0.6 is 12.4 Å². The number of rotatable bonds is 3. The van der Waals surface area contributed by atoms with E-state index in [0.29, 0.717) is 24.6 Å². The smallest absolute Gasteiger partial charge is 0.251 e. The number of hydrogen-bond acceptors (Lipinski definition) is 4. The van der Waals surface area contributed by atoms with E-state index in [9.17, 15) is 13.2 Å².